The first-order valence-electron chi connectivity index (χ1n) is 8.14. The van der Waals surface area contributed by atoms with Crippen LogP contribution in [0.4, 0.5) is 0 Å². The summed E-state index contributed by atoms with van der Waals surface area (Å²) in [5.41, 5.74) is -0.440. The second kappa shape index (κ2) is 9.00. The lowest BCUT2D eigenvalue weighted by Crippen LogP contribution is -2.50. The Morgan fingerprint density at radius 3 is 2.37 bits per heavy atom. The third-order valence-electron chi connectivity index (χ3n) is 3.58. The van der Waals surface area contributed by atoms with Gasteiger partial charge in [0.15, 0.2) is 5.72 Å². The van der Waals surface area contributed by atoms with Crippen LogP contribution in [0.25, 0.3) is 0 Å². The number of dihydropyridines is 1. The fourth-order valence-electron chi connectivity index (χ4n) is 2.31. The van der Waals surface area contributed by atoms with Gasteiger partial charge in [0.1, 0.15) is 17.9 Å². The molecular formula is C19H21NO7. The lowest BCUT2D eigenvalue weighted by atomic mass is 10.1. The predicted octanol–water partition coefficient (Wildman–Crippen LogP) is 1.57. The van der Waals surface area contributed by atoms with Crippen molar-refractivity contribution >= 4 is 17.9 Å². The number of esters is 3. The summed E-state index contributed by atoms with van der Waals surface area (Å²) in [5, 5.41) is 2.90. The average molecular weight is 375 g/mol. The molecule has 0 spiro atoms. The first kappa shape index (κ1) is 20.2. The van der Waals surface area contributed by atoms with Crippen molar-refractivity contribution in [1.29, 1.82) is 0 Å². The van der Waals surface area contributed by atoms with E-state index in [0.29, 0.717) is 0 Å². The number of nitrogens with one attached hydrogen (secondary N) is 1. The fourth-order valence-corrected chi connectivity index (χ4v) is 2.31. The van der Waals surface area contributed by atoms with Crippen LogP contribution >= 0.6 is 0 Å². The van der Waals surface area contributed by atoms with Crippen molar-refractivity contribution in [2.75, 3.05) is 13.7 Å². The molecule has 1 aliphatic heterocycles. The molecule has 1 aromatic carbocycles. The highest BCUT2D eigenvalue weighted by Crippen LogP contribution is 2.26. The summed E-state index contributed by atoms with van der Waals surface area (Å²) in [5.74, 6) is -1.88. The van der Waals surface area contributed by atoms with Crippen LogP contribution < -0.4 is 5.32 Å². The number of carbonyl (C=O) groups is 3. The standard InChI is InChI=1S/C19H21NO7/c1-13(21)25-12-19(26-11-15-7-5-4-6-8-15)9-17(27-14(2)22)16(10-20-19)18(23)24-3/h4-10,20H,11-12H2,1-3H3. The quantitative estimate of drug-likeness (QED) is 0.566. The predicted molar refractivity (Wildman–Crippen MR) is 93.7 cm³/mol. The molecule has 0 radical (unpaired) electrons. The van der Waals surface area contributed by atoms with E-state index >= 15 is 0 Å². The number of methoxy groups -OCH3 is 1. The van der Waals surface area contributed by atoms with Crippen LogP contribution in [0.5, 0.6) is 0 Å². The highest BCUT2D eigenvalue weighted by molar-refractivity contribution is 5.93. The van der Waals surface area contributed by atoms with Crippen molar-refractivity contribution in [3.05, 3.63) is 59.5 Å². The van der Waals surface area contributed by atoms with Gasteiger partial charge in [-0.05, 0) is 5.56 Å². The maximum absolute atomic E-state index is 11.9. The summed E-state index contributed by atoms with van der Waals surface area (Å²) >= 11 is 0. The van der Waals surface area contributed by atoms with Gasteiger partial charge in [-0.3, -0.25) is 9.59 Å². The minimum absolute atomic E-state index is 0.00876. The molecule has 144 valence electrons. The van der Waals surface area contributed by atoms with E-state index in [0.717, 1.165) is 5.56 Å². The topological polar surface area (TPSA) is 100 Å². The highest BCUT2D eigenvalue weighted by atomic mass is 16.6. The smallest absolute Gasteiger partial charge is 0.343 e. The number of ether oxygens (including phenoxy) is 4. The van der Waals surface area contributed by atoms with Gasteiger partial charge in [-0.1, -0.05) is 30.3 Å². The van der Waals surface area contributed by atoms with Gasteiger partial charge >= 0.3 is 17.9 Å². The Labute approximate surface area is 156 Å². The van der Waals surface area contributed by atoms with Crippen LogP contribution in [0.15, 0.2) is 53.9 Å². The van der Waals surface area contributed by atoms with E-state index in [9.17, 15) is 14.4 Å². The highest BCUT2D eigenvalue weighted by Gasteiger charge is 2.37. The Morgan fingerprint density at radius 1 is 1.07 bits per heavy atom. The molecule has 1 heterocycles. The largest absolute Gasteiger partial charge is 0.465 e. The van der Waals surface area contributed by atoms with Crippen molar-refractivity contribution in [1.82, 2.24) is 5.32 Å². The molecule has 1 unspecified atom stereocenters. The molecule has 0 bridgehead atoms. The summed E-state index contributed by atoms with van der Waals surface area (Å²) in [7, 11) is 1.21. The molecule has 8 nitrogen and oxygen atoms in total. The molecule has 1 N–H and O–H groups in total. The zero-order valence-corrected chi connectivity index (χ0v) is 15.3. The fraction of sp³-hybridized carbons (Fsp3) is 0.316. The Hall–Kier alpha value is -3.13. The van der Waals surface area contributed by atoms with Crippen molar-refractivity contribution < 1.29 is 33.3 Å². The van der Waals surface area contributed by atoms with Crippen LogP contribution in [0.3, 0.4) is 0 Å². The molecule has 0 aliphatic carbocycles. The van der Waals surface area contributed by atoms with Crippen LogP contribution in [0.1, 0.15) is 19.4 Å². The summed E-state index contributed by atoms with van der Waals surface area (Å²) in [6, 6.07) is 9.34. The molecule has 0 aromatic heterocycles. The van der Waals surface area contributed by atoms with Gasteiger partial charge < -0.3 is 24.3 Å². The Morgan fingerprint density at radius 2 is 1.78 bits per heavy atom. The average Bonchev–Trinajstić information content (AvgIpc) is 2.65. The van der Waals surface area contributed by atoms with Gasteiger partial charge in [0.2, 0.25) is 0 Å². The molecule has 0 fully saturated rings. The summed E-state index contributed by atoms with van der Waals surface area (Å²) < 4.78 is 20.8. The Balaban J connectivity index is 2.31. The van der Waals surface area contributed by atoms with Crippen LogP contribution in [-0.2, 0) is 39.9 Å². The first-order chi connectivity index (χ1) is 12.8. The second-order valence-corrected chi connectivity index (χ2v) is 5.74. The number of hydrogen-bond acceptors (Lipinski definition) is 8. The molecule has 0 saturated heterocycles. The minimum atomic E-state index is -1.33. The molecule has 27 heavy (non-hydrogen) atoms. The zero-order chi connectivity index (χ0) is 19.9. The minimum Gasteiger partial charge on any atom is -0.465 e. The lowest BCUT2D eigenvalue weighted by molar-refractivity contribution is -0.153. The summed E-state index contributed by atoms with van der Waals surface area (Å²) in [4.78, 5) is 34.6. The molecule has 1 aliphatic rings. The summed E-state index contributed by atoms with van der Waals surface area (Å²) in [6.07, 6.45) is 2.69. The van der Waals surface area contributed by atoms with Gasteiger partial charge in [0.25, 0.3) is 0 Å². The van der Waals surface area contributed by atoms with Gasteiger partial charge in [0.05, 0.1) is 13.7 Å². The zero-order valence-electron chi connectivity index (χ0n) is 15.3. The van der Waals surface area contributed by atoms with E-state index < -0.39 is 23.6 Å². The number of benzene rings is 1. The third kappa shape index (κ3) is 5.68. The van der Waals surface area contributed by atoms with Crippen molar-refractivity contribution in [3.63, 3.8) is 0 Å². The third-order valence-corrected chi connectivity index (χ3v) is 3.58. The monoisotopic (exact) mass is 375 g/mol. The molecule has 0 saturated carbocycles. The van der Waals surface area contributed by atoms with Crippen molar-refractivity contribution in [2.45, 2.75) is 26.2 Å². The van der Waals surface area contributed by atoms with Crippen LogP contribution in [0, 0.1) is 0 Å². The van der Waals surface area contributed by atoms with Crippen molar-refractivity contribution in [3.8, 4) is 0 Å². The van der Waals surface area contributed by atoms with Crippen LogP contribution in [0.2, 0.25) is 0 Å². The maximum Gasteiger partial charge on any atom is 0.343 e. The van der Waals surface area contributed by atoms with Crippen LogP contribution in [-0.4, -0.2) is 37.3 Å². The van der Waals surface area contributed by atoms with Gasteiger partial charge in [-0.15, -0.1) is 0 Å². The van der Waals surface area contributed by atoms with Gasteiger partial charge in [-0.2, -0.15) is 0 Å². The summed E-state index contributed by atoms with van der Waals surface area (Å²) in [6.45, 7) is 2.45. The molecule has 1 atom stereocenters. The van der Waals surface area contributed by atoms with E-state index in [1.54, 1.807) is 0 Å². The molecular weight excluding hydrogens is 354 g/mol. The second-order valence-electron chi connectivity index (χ2n) is 5.74. The van der Waals surface area contributed by atoms with Crippen molar-refractivity contribution in [2.24, 2.45) is 0 Å². The maximum atomic E-state index is 11.9. The molecule has 0 amide bonds. The van der Waals surface area contributed by atoms with E-state index in [4.69, 9.17) is 18.9 Å². The SMILES string of the molecule is COC(=O)C1=CNC(COC(C)=O)(OCc2ccccc2)C=C1OC(C)=O. The molecule has 2 rings (SSSR count). The van der Waals surface area contributed by atoms with Gasteiger partial charge in [0, 0.05) is 26.1 Å². The number of rotatable bonds is 7. The van der Waals surface area contributed by atoms with E-state index in [2.05, 4.69) is 5.32 Å². The van der Waals surface area contributed by atoms with E-state index in [1.807, 2.05) is 30.3 Å². The Kier molecular flexibility index (Phi) is 6.73. The molecule has 8 heteroatoms. The normalized spacial score (nSPS) is 18.5. The molecule has 1 aromatic rings. The van der Waals surface area contributed by atoms with Gasteiger partial charge in [-0.25, -0.2) is 4.79 Å². The first-order valence-corrected chi connectivity index (χ1v) is 8.14. The number of carbonyl (C=O) groups excluding carboxylic acids is 3. The van der Waals surface area contributed by atoms with E-state index in [-0.39, 0.29) is 24.5 Å². The Bertz CT molecular complexity index is 770. The van der Waals surface area contributed by atoms with E-state index in [1.165, 1.54) is 33.2 Å². The lowest BCUT2D eigenvalue weighted by Gasteiger charge is -2.34. The number of hydrogen-bond donors (Lipinski definition) is 1.